The average Bonchev–Trinajstić information content (AvgIpc) is 3.27. The third-order valence-electron chi connectivity index (χ3n) is 6.35. The molecular weight excluding hydrogens is 438 g/mol. The first kappa shape index (κ1) is 22.4. The first-order valence-electron chi connectivity index (χ1n) is 11.5. The molecule has 0 bridgehead atoms. The Morgan fingerprint density at radius 2 is 1.74 bits per heavy atom. The first-order valence-corrected chi connectivity index (χ1v) is 11.5. The van der Waals surface area contributed by atoms with Gasteiger partial charge in [0.05, 0.1) is 35.8 Å². The Hall–Kier alpha value is -4.39. The standard InChI is InChI=1S/C28H27N5O2/c1-17-14-15-29-19(3)26(17)30-28(34)23-16-24(20-8-6-5-7-9-20)33(27-25(23)18(2)31-32-27)21-10-12-22(35-4)13-11-21/h5-16,23H,1-4H3,(H,30,34)(H,31,32). The predicted molar refractivity (Wildman–Crippen MR) is 138 cm³/mol. The topological polar surface area (TPSA) is 83.1 Å². The van der Waals surface area contributed by atoms with Crippen molar-refractivity contribution in [1.29, 1.82) is 0 Å². The van der Waals surface area contributed by atoms with Gasteiger partial charge in [0.25, 0.3) is 0 Å². The molecule has 2 aromatic carbocycles. The second-order valence-corrected chi connectivity index (χ2v) is 8.58. The lowest BCUT2D eigenvalue weighted by molar-refractivity contribution is -0.116. The number of H-pyrrole nitrogens is 1. The molecule has 0 saturated heterocycles. The molecule has 1 unspecified atom stereocenters. The number of aromatic amines is 1. The van der Waals surface area contributed by atoms with E-state index >= 15 is 0 Å². The third-order valence-corrected chi connectivity index (χ3v) is 6.35. The SMILES string of the molecule is COc1ccc(N2C(c3ccccc3)=CC(C(=O)Nc3c(C)ccnc3C)c3c(C)n[nH]c32)cc1. The lowest BCUT2D eigenvalue weighted by atomic mass is 9.90. The first-order chi connectivity index (χ1) is 17.0. The summed E-state index contributed by atoms with van der Waals surface area (Å²) in [5.41, 5.74) is 6.94. The Labute approximate surface area is 204 Å². The van der Waals surface area contributed by atoms with E-state index in [4.69, 9.17) is 4.74 Å². The van der Waals surface area contributed by atoms with Gasteiger partial charge in [-0.25, -0.2) is 0 Å². The number of benzene rings is 2. The molecule has 5 rings (SSSR count). The summed E-state index contributed by atoms with van der Waals surface area (Å²) >= 11 is 0. The van der Waals surface area contributed by atoms with E-state index in [0.29, 0.717) is 0 Å². The number of aryl methyl sites for hydroxylation is 3. The number of anilines is 3. The fourth-order valence-electron chi connectivity index (χ4n) is 4.53. The van der Waals surface area contributed by atoms with Crippen LogP contribution in [0.2, 0.25) is 0 Å². The maximum atomic E-state index is 13.7. The smallest absolute Gasteiger partial charge is 0.236 e. The molecule has 2 N–H and O–H groups in total. The van der Waals surface area contributed by atoms with Gasteiger partial charge >= 0.3 is 0 Å². The molecule has 3 heterocycles. The third kappa shape index (κ3) is 4.05. The van der Waals surface area contributed by atoms with E-state index in [1.165, 1.54) is 0 Å². The predicted octanol–water partition coefficient (Wildman–Crippen LogP) is 5.65. The van der Waals surface area contributed by atoms with Crippen molar-refractivity contribution in [3.63, 3.8) is 0 Å². The molecular formula is C28H27N5O2. The highest BCUT2D eigenvalue weighted by Crippen LogP contribution is 2.45. The van der Waals surface area contributed by atoms with Crippen LogP contribution in [-0.2, 0) is 4.79 Å². The quantitative estimate of drug-likeness (QED) is 0.398. The van der Waals surface area contributed by atoms with Crippen molar-refractivity contribution in [2.45, 2.75) is 26.7 Å². The van der Waals surface area contributed by atoms with Crippen molar-refractivity contribution in [3.8, 4) is 5.75 Å². The van der Waals surface area contributed by atoms with Gasteiger partial charge in [-0.1, -0.05) is 30.3 Å². The van der Waals surface area contributed by atoms with Crippen molar-refractivity contribution in [3.05, 3.63) is 101 Å². The van der Waals surface area contributed by atoms with Gasteiger partial charge in [-0.15, -0.1) is 0 Å². The Morgan fingerprint density at radius 3 is 2.43 bits per heavy atom. The monoisotopic (exact) mass is 465 g/mol. The van der Waals surface area contributed by atoms with Gasteiger partial charge in [-0.05, 0) is 68.3 Å². The van der Waals surface area contributed by atoms with Crippen LogP contribution in [0.25, 0.3) is 5.70 Å². The van der Waals surface area contributed by atoms with Crippen LogP contribution in [-0.4, -0.2) is 28.2 Å². The van der Waals surface area contributed by atoms with Gasteiger partial charge in [-0.2, -0.15) is 5.10 Å². The van der Waals surface area contributed by atoms with Crippen molar-refractivity contribution >= 4 is 28.8 Å². The molecule has 1 aliphatic heterocycles. The van der Waals surface area contributed by atoms with Crippen LogP contribution in [0.3, 0.4) is 0 Å². The molecule has 0 aliphatic carbocycles. The molecule has 2 aromatic heterocycles. The van der Waals surface area contributed by atoms with Crippen molar-refractivity contribution in [2.75, 3.05) is 17.3 Å². The summed E-state index contributed by atoms with van der Waals surface area (Å²) in [6.45, 7) is 5.79. The number of ether oxygens (including phenoxy) is 1. The molecule has 1 aliphatic rings. The van der Waals surface area contributed by atoms with Crippen LogP contribution >= 0.6 is 0 Å². The normalized spacial score (nSPS) is 14.8. The summed E-state index contributed by atoms with van der Waals surface area (Å²) in [5.74, 6) is 0.885. The highest BCUT2D eigenvalue weighted by atomic mass is 16.5. The van der Waals surface area contributed by atoms with Crippen LogP contribution < -0.4 is 15.0 Å². The fourth-order valence-corrected chi connectivity index (χ4v) is 4.53. The van der Waals surface area contributed by atoms with Gasteiger partial charge in [-0.3, -0.25) is 19.8 Å². The minimum atomic E-state index is -0.535. The van der Waals surface area contributed by atoms with E-state index in [2.05, 4.69) is 25.4 Å². The molecule has 0 radical (unpaired) electrons. The number of nitrogens with zero attached hydrogens (tertiary/aromatic N) is 3. The number of fused-ring (bicyclic) bond motifs is 1. The number of carbonyl (C=O) groups excluding carboxylic acids is 1. The van der Waals surface area contributed by atoms with Crippen molar-refractivity contribution < 1.29 is 9.53 Å². The van der Waals surface area contributed by atoms with E-state index in [1.807, 2.05) is 87.5 Å². The molecule has 7 nitrogen and oxygen atoms in total. The van der Waals surface area contributed by atoms with Gasteiger partial charge in [0.2, 0.25) is 5.91 Å². The molecule has 0 saturated carbocycles. The number of hydrogen-bond donors (Lipinski definition) is 2. The minimum Gasteiger partial charge on any atom is -0.497 e. The lowest BCUT2D eigenvalue weighted by Crippen LogP contribution is -2.29. The fraction of sp³-hybridized carbons (Fsp3) is 0.179. The Morgan fingerprint density at radius 1 is 1.00 bits per heavy atom. The number of aromatic nitrogens is 3. The number of hydrogen-bond acceptors (Lipinski definition) is 5. The largest absolute Gasteiger partial charge is 0.497 e. The number of pyridine rings is 1. The van der Waals surface area contributed by atoms with Crippen molar-refractivity contribution in [2.24, 2.45) is 0 Å². The molecule has 35 heavy (non-hydrogen) atoms. The highest BCUT2D eigenvalue weighted by Gasteiger charge is 2.35. The second-order valence-electron chi connectivity index (χ2n) is 8.58. The Kier molecular flexibility index (Phi) is 5.82. The average molecular weight is 466 g/mol. The van der Waals surface area contributed by atoms with Crippen LogP contribution in [0.15, 0.2) is 72.9 Å². The maximum Gasteiger partial charge on any atom is 0.236 e. The van der Waals surface area contributed by atoms with Gasteiger partial charge in [0.1, 0.15) is 11.6 Å². The summed E-state index contributed by atoms with van der Waals surface area (Å²) in [4.78, 5) is 20.2. The highest BCUT2D eigenvalue weighted by molar-refractivity contribution is 6.04. The summed E-state index contributed by atoms with van der Waals surface area (Å²) in [6, 6.07) is 19.8. The zero-order valence-electron chi connectivity index (χ0n) is 20.2. The lowest BCUT2D eigenvalue weighted by Gasteiger charge is -2.33. The molecule has 0 spiro atoms. The van der Waals surface area contributed by atoms with Crippen molar-refractivity contribution in [1.82, 2.24) is 15.2 Å². The number of nitrogens with one attached hydrogen (secondary N) is 2. The van der Waals surface area contributed by atoms with Gasteiger partial charge in [0.15, 0.2) is 0 Å². The van der Waals surface area contributed by atoms with Gasteiger partial charge < -0.3 is 10.1 Å². The molecule has 4 aromatic rings. The van der Waals surface area contributed by atoms with E-state index in [-0.39, 0.29) is 5.91 Å². The number of rotatable bonds is 5. The zero-order valence-corrected chi connectivity index (χ0v) is 20.2. The number of methoxy groups -OCH3 is 1. The summed E-state index contributed by atoms with van der Waals surface area (Å²) < 4.78 is 5.35. The molecule has 1 amide bonds. The Bertz CT molecular complexity index is 1390. The molecule has 176 valence electrons. The number of amides is 1. The summed E-state index contributed by atoms with van der Waals surface area (Å²) in [7, 11) is 1.65. The zero-order chi connectivity index (χ0) is 24.5. The van der Waals surface area contributed by atoms with E-state index in [0.717, 1.165) is 56.7 Å². The minimum absolute atomic E-state index is 0.127. The van der Waals surface area contributed by atoms with Crippen LogP contribution in [0.4, 0.5) is 17.2 Å². The second kappa shape index (κ2) is 9.10. The molecule has 0 fully saturated rings. The summed E-state index contributed by atoms with van der Waals surface area (Å²) in [5, 5.41) is 10.8. The van der Waals surface area contributed by atoms with Crippen LogP contribution in [0.1, 0.15) is 34.0 Å². The molecule has 1 atom stereocenters. The maximum absolute atomic E-state index is 13.7. The van der Waals surface area contributed by atoms with Crippen LogP contribution in [0, 0.1) is 20.8 Å². The van der Waals surface area contributed by atoms with Crippen LogP contribution in [0.5, 0.6) is 5.75 Å². The van der Waals surface area contributed by atoms with E-state index < -0.39 is 5.92 Å². The molecule has 7 heteroatoms. The Balaban J connectivity index is 1.64. The van der Waals surface area contributed by atoms with E-state index in [1.54, 1.807) is 13.3 Å². The summed E-state index contributed by atoms with van der Waals surface area (Å²) in [6.07, 6.45) is 3.76. The number of carbonyl (C=O) groups is 1. The van der Waals surface area contributed by atoms with Gasteiger partial charge in [0, 0.05) is 17.4 Å². The van der Waals surface area contributed by atoms with E-state index in [9.17, 15) is 4.79 Å².